The van der Waals surface area contributed by atoms with Crippen LogP contribution in [0.15, 0.2) is 95.1 Å². The van der Waals surface area contributed by atoms with Crippen molar-refractivity contribution in [1.82, 2.24) is 0 Å². The lowest BCUT2D eigenvalue weighted by Crippen LogP contribution is -1.93. The second kappa shape index (κ2) is 7.32. The molecule has 23 heavy (non-hydrogen) atoms. The monoisotopic (exact) mass is 298 g/mol. The quantitative estimate of drug-likeness (QED) is 0.467. The summed E-state index contributed by atoms with van der Waals surface area (Å²) in [6.45, 7) is 1.97. The number of nitrogens with zero attached hydrogens (tertiary/aromatic N) is 2. The van der Waals surface area contributed by atoms with Crippen LogP contribution in [0.5, 0.6) is 0 Å². The smallest absolute Gasteiger partial charge is 0.0671 e. The van der Waals surface area contributed by atoms with E-state index in [0.29, 0.717) is 0 Å². The third-order valence-electron chi connectivity index (χ3n) is 3.62. The topological polar surface area (TPSA) is 24.7 Å². The van der Waals surface area contributed by atoms with Crippen LogP contribution >= 0.6 is 0 Å². The summed E-state index contributed by atoms with van der Waals surface area (Å²) in [6.07, 6.45) is 1.77. The Hall–Kier alpha value is -3.00. The number of rotatable bonds is 4. The Kier molecular flexibility index (Phi) is 4.75. The Labute approximate surface area is 136 Å². The zero-order chi connectivity index (χ0) is 15.9. The van der Waals surface area contributed by atoms with Gasteiger partial charge in [0.05, 0.1) is 11.9 Å². The maximum atomic E-state index is 4.28. The molecule has 2 nitrogen and oxygen atoms in total. The van der Waals surface area contributed by atoms with Crippen molar-refractivity contribution >= 4 is 11.9 Å². The van der Waals surface area contributed by atoms with Gasteiger partial charge in [-0.15, -0.1) is 0 Å². The first-order valence-corrected chi connectivity index (χ1v) is 7.61. The molecule has 0 heterocycles. The minimum absolute atomic E-state index is 0.900. The molecule has 0 amide bonds. The van der Waals surface area contributed by atoms with Gasteiger partial charge in [0.1, 0.15) is 0 Å². The summed E-state index contributed by atoms with van der Waals surface area (Å²) in [4.78, 5) is 0. The molecule has 2 heteroatoms. The zero-order valence-electron chi connectivity index (χ0n) is 13.1. The van der Waals surface area contributed by atoms with Crippen LogP contribution in [0.3, 0.4) is 0 Å². The van der Waals surface area contributed by atoms with Crippen molar-refractivity contribution in [2.75, 3.05) is 0 Å². The Morgan fingerprint density at radius 1 is 0.696 bits per heavy atom. The predicted octanol–water partition coefficient (Wildman–Crippen LogP) is 5.20. The van der Waals surface area contributed by atoms with Crippen LogP contribution in [-0.2, 0) is 0 Å². The van der Waals surface area contributed by atoms with Gasteiger partial charge in [0, 0.05) is 0 Å². The maximum Gasteiger partial charge on any atom is 0.0671 e. The van der Waals surface area contributed by atoms with Crippen molar-refractivity contribution in [1.29, 1.82) is 0 Å². The fourth-order valence-corrected chi connectivity index (χ4v) is 2.31. The van der Waals surface area contributed by atoms with E-state index < -0.39 is 0 Å². The molecule has 0 unspecified atom stereocenters. The lowest BCUT2D eigenvalue weighted by Gasteiger charge is -2.03. The number of benzene rings is 3. The molecule has 112 valence electrons. The van der Waals surface area contributed by atoms with Crippen molar-refractivity contribution in [3.05, 3.63) is 96.1 Å². The summed E-state index contributed by atoms with van der Waals surface area (Å²) in [5.74, 6) is 0. The number of hydrogen-bond acceptors (Lipinski definition) is 2. The molecule has 0 spiro atoms. The second-order valence-corrected chi connectivity index (χ2v) is 5.28. The zero-order valence-corrected chi connectivity index (χ0v) is 13.1. The largest absolute Gasteiger partial charge is 0.158 e. The Morgan fingerprint density at radius 2 is 1.26 bits per heavy atom. The SMILES string of the molecule is C/C(=N\N=C\c1ccccc1)c1ccc(-c2ccccc2)cc1. The van der Waals surface area contributed by atoms with Crippen molar-refractivity contribution in [2.24, 2.45) is 10.2 Å². The van der Waals surface area contributed by atoms with Gasteiger partial charge in [-0.25, -0.2) is 0 Å². The fraction of sp³-hybridized carbons (Fsp3) is 0.0476. The minimum Gasteiger partial charge on any atom is -0.158 e. The molecule has 0 atom stereocenters. The van der Waals surface area contributed by atoms with E-state index >= 15 is 0 Å². The third-order valence-corrected chi connectivity index (χ3v) is 3.62. The van der Waals surface area contributed by atoms with E-state index in [1.165, 1.54) is 11.1 Å². The Bertz CT molecular complexity index is 801. The van der Waals surface area contributed by atoms with E-state index in [1.54, 1.807) is 6.21 Å². The van der Waals surface area contributed by atoms with Crippen molar-refractivity contribution < 1.29 is 0 Å². The minimum atomic E-state index is 0.900. The highest BCUT2D eigenvalue weighted by atomic mass is 15.2. The number of hydrogen-bond donors (Lipinski definition) is 0. The molecular formula is C21H18N2. The molecule has 0 aromatic heterocycles. The standard InChI is InChI=1S/C21H18N2/c1-17(23-22-16-18-8-4-2-5-9-18)19-12-14-21(15-13-19)20-10-6-3-7-11-20/h2-16H,1H3/b22-16+,23-17+. The summed E-state index contributed by atoms with van der Waals surface area (Å²) in [7, 11) is 0. The molecule has 3 aromatic carbocycles. The molecule has 0 aliphatic carbocycles. The van der Waals surface area contributed by atoms with Gasteiger partial charge in [0.15, 0.2) is 0 Å². The Morgan fingerprint density at radius 3 is 1.91 bits per heavy atom. The molecule has 0 aliphatic heterocycles. The fourth-order valence-electron chi connectivity index (χ4n) is 2.31. The van der Waals surface area contributed by atoms with Gasteiger partial charge < -0.3 is 0 Å². The van der Waals surface area contributed by atoms with E-state index in [0.717, 1.165) is 16.8 Å². The van der Waals surface area contributed by atoms with Crippen LogP contribution in [0.25, 0.3) is 11.1 Å². The van der Waals surface area contributed by atoms with Gasteiger partial charge in [-0.2, -0.15) is 10.2 Å². The predicted molar refractivity (Wildman–Crippen MR) is 98.1 cm³/mol. The van der Waals surface area contributed by atoms with Crippen molar-refractivity contribution in [3.63, 3.8) is 0 Å². The first-order chi connectivity index (χ1) is 11.3. The first kappa shape index (κ1) is 14.9. The summed E-state index contributed by atoms with van der Waals surface area (Å²) in [5, 5.41) is 8.44. The average Bonchev–Trinajstić information content (AvgIpc) is 2.63. The van der Waals surface area contributed by atoms with Crippen LogP contribution in [0, 0.1) is 0 Å². The van der Waals surface area contributed by atoms with Crippen LogP contribution in [0.1, 0.15) is 18.1 Å². The van der Waals surface area contributed by atoms with Gasteiger partial charge in [-0.1, -0.05) is 84.9 Å². The molecule has 0 aliphatic rings. The molecule has 3 aromatic rings. The van der Waals surface area contributed by atoms with Gasteiger partial charge in [0.25, 0.3) is 0 Å². The van der Waals surface area contributed by atoms with E-state index in [9.17, 15) is 0 Å². The highest BCUT2D eigenvalue weighted by Gasteiger charge is 1.99. The summed E-state index contributed by atoms with van der Waals surface area (Å²) >= 11 is 0. The molecule has 0 N–H and O–H groups in total. The van der Waals surface area contributed by atoms with Crippen molar-refractivity contribution in [2.45, 2.75) is 6.92 Å². The molecule has 0 radical (unpaired) electrons. The summed E-state index contributed by atoms with van der Waals surface area (Å²) in [6, 6.07) is 28.7. The molecule has 0 saturated carbocycles. The second-order valence-electron chi connectivity index (χ2n) is 5.28. The molecule has 0 fully saturated rings. The first-order valence-electron chi connectivity index (χ1n) is 7.61. The highest BCUT2D eigenvalue weighted by Crippen LogP contribution is 2.19. The third kappa shape index (κ3) is 4.01. The lowest BCUT2D eigenvalue weighted by atomic mass is 10.0. The molecular weight excluding hydrogens is 280 g/mol. The molecule has 0 bridgehead atoms. The highest BCUT2D eigenvalue weighted by molar-refractivity contribution is 5.99. The van der Waals surface area contributed by atoms with Crippen LogP contribution in [0.4, 0.5) is 0 Å². The van der Waals surface area contributed by atoms with Gasteiger partial charge in [-0.05, 0) is 29.2 Å². The van der Waals surface area contributed by atoms with E-state index in [-0.39, 0.29) is 0 Å². The molecule has 0 saturated heterocycles. The van der Waals surface area contributed by atoms with Gasteiger partial charge >= 0.3 is 0 Å². The molecule has 3 rings (SSSR count). The summed E-state index contributed by atoms with van der Waals surface area (Å²) < 4.78 is 0. The average molecular weight is 298 g/mol. The van der Waals surface area contributed by atoms with E-state index in [2.05, 4.69) is 46.6 Å². The van der Waals surface area contributed by atoms with Crippen LogP contribution in [0.2, 0.25) is 0 Å². The van der Waals surface area contributed by atoms with E-state index in [1.807, 2.05) is 55.5 Å². The van der Waals surface area contributed by atoms with Gasteiger partial charge in [-0.3, -0.25) is 0 Å². The Balaban J connectivity index is 1.74. The normalized spacial score (nSPS) is 11.8. The van der Waals surface area contributed by atoms with Crippen LogP contribution < -0.4 is 0 Å². The van der Waals surface area contributed by atoms with Gasteiger partial charge in [0.2, 0.25) is 0 Å². The van der Waals surface area contributed by atoms with Crippen molar-refractivity contribution in [3.8, 4) is 11.1 Å². The lowest BCUT2D eigenvalue weighted by molar-refractivity contribution is 1.24. The maximum absolute atomic E-state index is 4.28. The van der Waals surface area contributed by atoms with E-state index in [4.69, 9.17) is 0 Å². The van der Waals surface area contributed by atoms with Crippen LogP contribution in [-0.4, -0.2) is 11.9 Å². The summed E-state index contributed by atoms with van der Waals surface area (Å²) in [5.41, 5.74) is 5.45.